The average molecular weight is 390 g/mol. The number of sulfonamides is 1. The molecule has 0 aliphatic carbocycles. The molecule has 1 unspecified atom stereocenters. The number of rotatable bonds is 6. The van der Waals surface area contributed by atoms with Crippen LogP contribution in [0.15, 0.2) is 18.2 Å². The summed E-state index contributed by atoms with van der Waals surface area (Å²) in [5.74, 6) is -0.784. The molecule has 0 bridgehead atoms. The van der Waals surface area contributed by atoms with Gasteiger partial charge in [0.05, 0.1) is 16.6 Å². The second kappa shape index (κ2) is 8.11. The van der Waals surface area contributed by atoms with Crippen molar-refractivity contribution in [1.82, 2.24) is 4.31 Å². The highest BCUT2D eigenvalue weighted by molar-refractivity contribution is 7.89. The zero-order valence-electron chi connectivity index (χ0n) is 13.8. The third-order valence-electron chi connectivity index (χ3n) is 4.02. The van der Waals surface area contributed by atoms with Crippen molar-refractivity contribution < 1.29 is 18.1 Å². The summed E-state index contributed by atoms with van der Waals surface area (Å²) in [4.78, 5) is 22.7. The zero-order valence-corrected chi connectivity index (χ0v) is 15.3. The Morgan fingerprint density at radius 2 is 2.20 bits per heavy atom. The maximum atomic E-state index is 12.4. The summed E-state index contributed by atoms with van der Waals surface area (Å²) in [6, 6.07) is 4.00. The van der Waals surface area contributed by atoms with Crippen LogP contribution in [0.3, 0.4) is 0 Å². The van der Waals surface area contributed by atoms with Gasteiger partial charge in [0.2, 0.25) is 15.9 Å². The zero-order chi connectivity index (χ0) is 18.6. The number of nitro groups is 1. The first-order valence-electron chi connectivity index (χ1n) is 7.97. The van der Waals surface area contributed by atoms with Crippen LogP contribution in [0.1, 0.15) is 26.2 Å². The van der Waals surface area contributed by atoms with E-state index in [2.05, 4.69) is 5.32 Å². The summed E-state index contributed by atoms with van der Waals surface area (Å²) in [5, 5.41) is 13.5. The summed E-state index contributed by atoms with van der Waals surface area (Å²) in [5.41, 5.74) is -0.0371. The first-order chi connectivity index (χ1) is 11.7. The number of hydrogen-bond donors (Lipinski definition) is 1. The van der Waals surface area contributed by atoms with E-state index < -0.39 is 20.9 Å². The molecule has 0 spiro atoms. The highest BCUT2D eigenvalue weighted by atomic mass is 35.5. The second-order valence-electron chi connectivity index (χ2n) is 5.93. The van der Waals surface area contributed by atoms with Crippen LogP contribution in [-0.2, 0) is 14.8 Å². The van der Waals surface area contributed by atoms with Crippen molar-refractivity contribution >= 4 is 38.9 Å². The molecular weight excluding hydrogens is 370 g/mol. The van der Waals surface area contributed by atoms with Crippen molar-refractivity contribution in [1.29, 1.82) is 0 Å². The fourth-order valence-corrected chi connectivity index (χ4v) is 4.55. The number of piperidine rings is 1. The number of amides is 1. The van der Waals surface area contributed by atoms with Gasteiger partial charge in [-0.05, 0) is 31.4 Å². The lowest BCUT2D eigenvalue weighted by Gasteiger charge is -2.31. The van der Waals surface area contributed by atoms with Gasteiger partial charge in [0.1, 0.15) is 5.02 Å². The maximum Gasteiger partial charge on any atom is 0.289 e. The average Bonchev–Trinajstić information content (AvgIpc) is 2.56. The fourth-order valence-electron chi connectivity index (χ4n) is 2.77. The van der Waals surface area contributed by atoms with Gasteiger partial charge < -0.3 is 5.32 Å². The van der Waals surface area contributed by atoms with E-state index in [1.807, 2.05) is 0 Å². The van der Waals surface area contributed by atoms with Crippen LogP contribution in [0.4, 0.5) is 11.4 Å². The Kier molecular flexibility index (Phi) is 6.36. The van der Waals surface area contributed by atoms with Gasteiger partial charge in [-0.25, -0.2) is 12.7 Å². The number of carbonyl (C=O) groups is 1. The molecule has 10 heteroatoms. The van der Waals surface area contributed by atoms with Gasteiger partial charge in [0.15, 0.2) is 0 Å². The Morgan fingerprint density at radius 1 is 1.48 bits per heavy atom. The van der Waals surface area contributed by atoms with Crippen LogP contribution in [-0.4, -0.2) is 42.4 Å². The Hall–Kier alpha value is -1.71. The Morgan fingerprint density at radius 3 is 2.84 bits per heavy atom. The Bertz CT molecular complexity index is 768. The largest absolute Gasteiger partial charge is 0.326 e. The summed E-state index contributed by atoms with van der Waals surface area (Å²) < 4.78 is 25.7. The van der Waals surface area contributed by atoms with E-state index >= 15 is 0 Å². The van der Waals surface area contributed by atoms with E-state index in [0.717, 1.165) is 0 Å². The number of hydrogen-bond acceptors (Lipinski definition) is 5. The van der Waals surface area contributed by atoms with E-state index in [-0.39, 0.29) is 34.6 Å². The third kappa shape index (κ3) is 4.90. The van der Waals surface area contributed by atoms with Crippen molar-refractivity contribution in [3.05, 3.63) is 33.3 Å². The lowest BCUT2D eigenvalue weighted by Crippen LogP contribution is -2.44. The van der Waals surface area contributed by atoms with E-state index in [1.165, 1.54) is 22.5 Å². The van der Waals surface area contributed by atoms with Crippen molar-refractivity contribution in [3.63, 3.8) is 0 Å². The smallest absolute Gasteiger partial charge is 0.289 e. The minimum absolute atomic E-state index is 0.0162. The molecule has 8 nitrogen and oxygen atoms in total. The quantitative estimate of drug-likeness (QED) is 0.594. The van der Waals surface area contributed by atoms with E-state index in [0.29, 0.717) is 25.8 Å². The molecule has 2 rings (SSSR count). The molecule has 1 atom stereocenters. The van der Waals surface area contributed by atoms with Crippen molar-refractivity contribution in [3.8, 4) is 0 Å². The number of benzene rings is 1. The van der Waals surface area contributed by atoms with Gasteiger partial charge in [-0.15, -0.1) is 0 Å². The third-order valence-corrected chi connectivity index (χ3v) is 6.38. The first-order valence-corrected chi connectivity index (χ1v) is 9.96. The summed E-state index contributed by atoms with van der Waals surface area (Å²) in [6.07, 6.45) is 1.69. The lowest BCUT2D eigenvalue weighted by atomic mass is 9.98. The van der Waals surface area contributed by atoms with Gasteiger partial charge in [-0.1, -0.05) is 18.5 Å². The molecule has 1 amide bonds. The normalized spacial score (nSPS) is 18.7. The second-order valence-corrected chi connectivity index (χ2v) is 8.42. The highest BCUT2D eigenvalue weighted by Crippen LogP contribution is 2.28. The molecule has 1 saturated heterocycles. The van der Waals surface area contributed by atoms with Gasteiger partial charge >= 0.3 is 0 Å². The van der Waals surface area contributed by atoms with E-state index in [9.17, 15) is 23.3 Å². The topological polar surface area (TPSA) is 110 Å². The Balaban J connectivity index is 2.08. The minimum Gasteiger partial charge on any atom is -0.326 e. The van der Waals surface area contributed by atoms with Gasteiger partial charge in [0.25, 0.3) is 5.69 Å². The molecule has 1 aromatic carbocycles. The van der Waals surface area contributed by atoms with Crippen LogP contribution in [0.2, 0.25) is 5.02 Å². The van der Waals surface area contributed by atoms with Gasteiger partial charge in [-0.2, -0.15) is 0 Å². The van der Waals surface area contributed by atoms with E-state index in [1.54, 1.807) is 6.92 Å². The van der Waals surface area contributed by atoms with Crippen LogP contribution in [0.5, 0.6) is 0 Å². The molecule has 1 heterocycles. The number of halogens is 1. The molecule has 1 N–H and O–H groups in total. The molecule has 1 aliphatic rings. The minimum atomic E-state index is -3.35. The molecular formula is C15H20ClN3O5S. The maximum absolute atomic E-state index is 12.4. The Labute approximate surface area is 151 Å². The summed E-state index contributed by atoms with van der Waals surface area (Å²) in [7, 11) is -3.35. The number of anilines is 1. The standard InChI is InChI=1S/C15H20ClN3O5S/c1-2-8-25(23,24)18-7-3-4-11(10-18)15(20)17-12-5-6-13(16)14(9-12)19(21)22/h5-6,9,11H,2-4,7-8,10H2,1H3,(H,17,20). The monoisotopic (exact) mass is 389 g/mol. The molecule has 0 aromatic heterocycles. The molecule has 138 valence electrons. The number of nitrogens with one attached hydrogen (secondary N) is 1. The molecule has 1 aromatic rings. The molecule has 25 heavy (non-hydrogen) atoms. The lowest BCUT2D eigenvalue weighted by molar-refractivity contribution is -0.384. The number of nitrogens with zero attached hydrogens (tertiary/aromatic N) is 2. The van der Waals surface area contributed by atoms with Crippen LogP contribution in [0, 0.1) is 16.0 Å². The number of carbonyl (C=O) groups excluding carboxylic acids is 1. The first kappa shape index (κ1) is 19.6. The van der Waals surface area contributed by atoms with Crippen LogP contribution in [0.25, 0.3) is 0 Å². The van der Waals surface area contributed by atoms with E-state index in [4.69, 9.17) is 11.6 Å². The predicted molar refractivity (Wildman–Crippen MR) is 95.1 cm³/mol. The molecule has 0 saturated carbocycles. The van der Waals surface area contributed by atoms with Gasteiger partial charge in [-0.3, -0.25) is 14.9 Å². The van der Waals surface area contributed by atoms with Crippen LogP contribution < -0.4 is 5.32 Å². The number of nitro benzene ring substituents is 1. The van der Waals surface area contributed by atoms with Crippen molar-refractivity contribution in [2.45, 2.75) is 26.2 Å². The fraction of sp³-hybridized carbons (Fsp3) is 0.533. The predicted octanol–water partition coefficient (Wildman–Crippen LogP) is 2.64. The van der Waals surface area contributed by atoms with Crippen LogP contribution >= 0.6 is 11.6 Å². The highest BCUT2D eigenvalue weighted by Gasteiger charge is 2.32. The van der Waals surface area contributed by atoms with Gasteiger partial charge in [0, 0.05) is 24.8 Å². The van der Waals surface area contributed by atoms with Crippen molar-refractivity contribution in [2.75, 3.05) is 24.2 Å². The molecule has 1 aliphatic heterocycles. The summed E-state index contributed by atoms with van der Waals surface area (Å²) in [6.45, 7) is 2.33. The summed E-state index contributed by atoms with van der Waals surface area (Å²) >= 11 is 5.75. The SMILES string of the molecule is CCCS(=O)(=O)N1CCCC(C(=O)Nc2ccc(Cl)c([N+](=O)[O-])c2)C1. The molecule has 0 radical (unpaired) electrons. The molecule has 1 fully saturated rings. The van der Waals surface area contributed by atoms with Crippen molar-refractivity contribution in [2.24, 2.45) is 5.92 Å².